The summed E-state index contributed by atoms with van der Waals surface area (Å²) in [5.74, 6) is 0.294. The number of aryl methyl sites for hydroxylation is 2. The van der Waals surface area contributed by atoms with Crippen LogP contribution in [0.5, 0.6) is 0 Å². The Morgan fingerprint density at radius 1 is 1.16 bits per heavy atom. The van der Waals surface area contributed by atoms with Crippen molar-refractivity contribution in [2.45, 2.75) is 31.6 Å². The van der Waals surface area contributed by atoms with Gasteiger partial charge < -0.3 is 0 Å². The van der Waals surface area contributed by atoms with Crippen LogP contribution in [-0.2, 0) is 17.6 Å². The van der Waals surface area contributed by atoms with Crippen molar-refractivity contribution in [3.8, 4) is 0 Å². The Labute approximate surface area is 112 Å². The first-order chi connectivity index (χ1) is 9.34. The van der Waals surface area contributed by atoms with Gasteiger partial charge in [0.15, 0.2) is 0 Å². The van der Waals surface area contributed by atoms with Crippen LogP contribution in [0.25, 0.3) is 0 Å². The number of fused-ring (bicyclic) bond motifs is 1. The van der Waals surface area contributed by atoms with Crippen LogP contribution in [0.1, 0.15) is 35.7 Å². The lowest BCUT2D eigenvalue weighted by molar-refractivity contribution is -0.120. The van der Waals surface area contributed by atoms with Crippen molar-refractivity contribution in [3.63, 3.8) is 0 Å². The Balaban J connectivity index is 1.66. The Hall–Kier alpha value is -2.03. The molecule has 0 amide bonds. The molecule has 0 saturated carbocycles. The average molecular weight is 252 g/mol. The average Bonchev–Trinajstić information content (AvgIpc) is 2.90. The lowest BCUT2D eigenvalue weighted by Crippen LogP contribution is -2.12. The van der Waals surface area contributed by atoms with Crippen LogP contribution in [-0.4, -0.2) is 15.8 Å². The second-order valence-corrected chi connectivity index (χ2v) is 4.93. The van der Waals surface area contributed by atoms with Crippen molar-refractivity contribution in [2.24, 2.45) is 0 Å². The first kappa shape index (κ1) is 12.0. The maximum Gasteiger partial charge on any atom is 0.142 e. The van der Waals surface area contributed by atoms with E-state index in [2.05, 4.69) is 16.0 Å². The number of hydrogen-bond donors (Lipinski definition) is 0. The predicted molar refractivity (Wildman–Crippen MR) is 72.9 cm³/mol. The third-order valence-electron chi connectivity index (χ3n) is 3.70. The molecular formula is C16H16N2O. The van der Waals surface area contributed by atoms with Gasteiger partial charge in [0.05, 0.1) is 11.6 Å². The molecule has 3 rings (SSSR count). The molecule has 2 heterocycles. The molecule has 0 aliphatic heterocycles. The topological polar surface area (TPSA) is 42.9 Å². The van der Waals surface area contributed by atoms with Crippen molar-refractivity contribution < 1.29 is 4.79 Å². The smallest absolute Gasteiger partial charge is 0.142 e. The monoisotopic (exact) mass is 252 g/mol. The number of carbonyl (C=O) groups excluding carboxylic acids is 1. The molecule has 2 aromatic rings. The number of ketones is 1. The van der Waals surface area contributed by atoms with E-state index in [0.717, 1.165) is 30.7 Å². The zero-order valence-corrected chi connectivity index (χ0v) is 10.7. The number of aromatic nitrogens is 2. The molecular weight excluding hydrogens is 236 g/mol. The van der Waals surface area contributed by atoms with Crippen molar-refractivity contribution in [1.82, 2.24) is 9.97 Å². The second-order valence-electron chi connectivity index (χ2n) is 4.93. The number of carbonyl (C=O) groups is 1. The second kappa shape index (κ2) is 5.31. The minimum absolute atomic E-state index is 0.0000813. The minimum atomic E-state index is -0.0000813. The summed E-state index contributed by atoms with van der Waals surface area (Å²) in [6.07, 6.45) is 6.71. The molecule has 0 fully saturated rings. The summed E-state index contributed by atoms with van der Waals surface area (Å²) >= 11 is 0. The van der Waals surface area contributed by atoms with Gasteiger partial charge in [-0.3, -0.25) is 14.8 Å². The van der Waals surface area contributed by atoms with E-state index < -0.39 is 0 Å². The van der Waals surface area contributed by atoms with Gasteiger partial charge >= 0.3 is 0 Å². The summed E-state index contributed by atoms with van der Waals surface area (Å²) in [5, 5.41) is 0. The highest BCUT2D eigenvalue weighted by molar-refractivity contribution is 5.86. The number of nitrogens with zero attached hydrogens (tertiary/aromatic N) is 2. The van der Waals surface area contributed by atoms with E-state index in [-0.39, 0.29) is 5.92 Å². The zero-order valence-electron chi connectivity index (χ0n) is 10.7. The molecule has 3 heteroatoms. The summed E-state index contributed by atoms with van der Waals surface area (Å²) in [4.78, 5) is 20.9. The summed E-state index contributed by atoms with van der Waals surface area (Å²) in [7, 11) is 0. The fourth-order valence-corrected chi connectivity index (χ4v) is 2.70. The predicted octanol–water partition coefficient (Wildman–Crippen LogP) is 2.71. The molecule has 0 aromatic carbocycles. The highest BCUT2D eigenvalue weighted by Crippen LogP contribution is 2.32. The van der Waals surface area contributed by atoms with Gasteiger partial charge in [-0.05, 0) is 43.0 Å². The zero-order chi connectivity index (χ0) is 13.1. The van der Waals surface area contributed by atoms with Crippen molar-refractivity contribution in [1.29, 1.82) is 0 Å². The van der Waals surface area contributed by atoms with E-state index in [1.165, 1.54) is 5.56 Å². The molecule has 0 spiro atoms. The molecule has 3 nitrogen and oxygen atoms in total. The number of rotatable bonds is 4. The Kier molecular flexibility index (Phi) is 3.36. The lowest BCUT2D eigenvalue weighted by atomic mass is 9.97. The van der Waals surface area contributed by atoms with Crippen LogP contribution in [0.4, 0.5) is 0 Å². The van der Waals surface area contributed by atoms with Crippen molar-refractivity contribution in [3.05, 3.63) is 59.7 Å². The number of Topliss-reactive ketones (excluding diaryl/α,β-unsaturated/α-hetero) is 1. The summed E-state index contributed by atoms with van der Waals surface area (Å²) < 4.78 is 0. The van der Waals surface area contributed by atoms with E-state index in [1.807, 2.05) is 24.3 Å². The van der Waals surface area contributed by atoms with E-state index in [9.17, 15) is 4.79 Å². The van der Waals surface area contributed by atoms with Gasteiger partial charge in [0.25, 0.3) is 0 Å². The van der Waals surface area contributed by atoms with Crippen LogP contribution < -0.4 is 0 Å². The van der Waals surface area contributed by atoms with E-state index in [0.29, 0.717) is 12.2 Å². The fraction of sp³-hybridized carbons (Fsp3) is 0.312. The van der Waals surface area contributed by atoms with Crippen LogP contribution >= 0.6 is 0 Å². The molecule has 96 valence electrons. The van der Waals surface area contributed by atoms with Gasteiger partial charge in [-0.15, -0.1) is 0 Å². The van der Waals surface area contributed by atoms with Gasteiger partial charge in [0.1, 0.15) is 5.78 Å². The normalized spacial score (nSPS) is 17.2. The van der Waals surface area contributed by atoms with E-state index >= 15 is 0 Å². The summed E-state index contributed by atoms with van der Waals surface area (Å²) in [6.45, 7) is 0. The largest absolute Gasteiger partial charge is 0.299 e. The Morgan fingerprint density at radius 2 is 2.05 bits per heavy atom. The van der Waals surface area contributed by atoms with Crippen molar-refractivity contribution >= 4 is 5.78 Å². The molecule has 0 radical (unpaired) electrons. The fourth-order valence-electron chi connectivity index (χ4n) is 2.70. The standard InChI is InChI=1S/C16H16N2O/c19-15(9-7-13-5-1-2-10-17-13)14-8-6-12-4-3-11-18-16(12)14/h1-5,10-11,14H,6-9H2. The van der Waals surface area contributed by atoms with Gasteiger partial charge in [-0.1, -0.05) is 12.1 Å². The van der Waals surface area contributed by atoms with Gasteiger partial charge in [-0.25, -0.2) is 0 Å². The van der Waals surface area contributed by atoms with Crippen molar-refractivity contribution in [2.75, 3.05) is 0 Å². The van der Waals surface area contributed by atoms with Crippen LogP contribution in [0.2, 0.25) is 0 Å². The quantitative estimate of drug-likeness (QED) is 0.840. The third-order valence-corrected chi connectivity index (χ3v) is 3.70. The molecule has 0 N–H and O–H groups in total. The molecule has 2 aromatic heterocycles. The molecule has 19 heavy (non-hydrogen) atoms. The lowest BCUT2D eigenvalue weighted by Gasteiger charge is -2.09. The van der Waals surface area contributed by atoms with Crippen LogP contribution in [0.3, 0.4) is 0 Å². The van der Waals surface area contributed by atoms with E-state index in [4.69, 9.17) is 0 Å². The Morgan fingerprint density at radius 3 is 2.89 bits per heavy atom. The van der Waals surface area contributed by atoms with Gasteiger partial charge in [0.2, 0.25) is 0 Å². The molecule has 0 saturated heterocycles. The number of pyridine rings is 2. The first-order valence-corrected chi connectivity index (χ1v) is 6.71. The highest BCUT2D eigenvalue weighted by Gasteiger charge is 2.28. The van der Waals surface area contributed by atoms with Crippen LogP contribution in [0, 0.1) is 0 Å². The molecule has 1 aliphatic rings. The summed E-state index contributed by atoms with van der Waals surface area (Å²) in [6, 6.07) is 9.84. The van der Waals surface area contributed by atoms with Crippen LogP contribution in [0.15, 0.2) is 42.7 Å². The minimum Gasteiger partial charge on any atom is -0.299 e. The Bertz CT molecular complexity index is 580. The first-order valence-electron chi connectivity index (χ1n) is 6.71. The maximum atomic E-state index is 12.3. The molecule has 1 aliphatic carbocycles. The van der Waals surface area contributed by atoms with Gasteiger partial charge in [-0.2, -0.15) is 0 Å². The third kappa shape index (κ3) is 2.55. The van der Waals surface area contributed by atoms with Gasteiger partial charge in [0, 0.05) is 24.5 Å². The molecule has 0 bridgehead atoms. The maximum absolute atomic E-state index is 12.3. The highest BCUT2D eigenvalue weighted by atomic mass is 16.1. The van der Waals surface area contributed by atoms with E-state index in [1.54, 1.807) is 12.4 Å². The summed E-state index contributed by atoms with van der Waals surface area (Å²) in [5.41, 5.74) is 3.21. The molecule has 1 atom stereocenters. The number of hydrogen-bond acceptors (Lipinski definition) is 3. The molecule has 1 unspecified atom stereocenters. The SMILES string of the molecule is O=C(CCc1ccccn1)C1CCc2cccnc21.